The molecule has 0 radical (unpaired) electrons. The second-order valence-electron chi connectivity index (χ2n) is 4.89. The second-order valence-corrected chi connectivity index (χ2v) is 5.71. The number of ether oxygens (including phenoxy) is 1. The first-order chi connectivity index (χ1) is 11.5. The van der Waals surface area contributed by atoms with E-state index in [0.717, 1.165) is 0 Å². The average Bonchev–Trinajstić information content (AvgIpc) is 2.58. The molecular formula is C17H16Cl2N2O3. The highest BCUT2D eigenvalue weighted by molar-refractivity contribution is 6.34. The van der Waals surface area contributed by atoms with E-state index in [1.54, 1.807) is 42.5 Å². The molecular weight excluding hydrogens is 351 g/mol. The standard InChI is InChI=1S/C17H16Cl2N2O3/c1-24-17(23)11-6-7-13(19)15(10-11)20-9-8-16(22)21-14-5-3-2-4-12(14)18/h2-7,10,20H,8-9H2,1H3,(H,21,22). The van der Waals surface area contributed by atoms with Gasteiger partial charge in [-0.15, -0.1) is 0 Å². The first-order valence-electron chi connectivity index (χ1n) is 7.17. The van der Waals surface area contributed by atoms with Crippen LogP contribution in [0.25, 0.3) is 0 Å². The molecule has 0 saturated carbocycles. The van der Waals surface area contributed by atoms with Crippen molar-refractivity contribution in [2.24, 2.45) is 0 Å². The van der Waals surface area contributed by atoms with E-state index >= 15 is 0 Å². The van der Waals surface area contributed by atoms with Crippen molar-refractivity contribution in [3.63, 3.8) is 0 Å². The van der Waals surface area contributed by atoms with Crippen molar-refractivity contribution in [1.29, 1.82) is 0 Å². The molecule has 0 spiro atoms. The van der Waals surface area contributed by atoms with Gasteiger partial charge in [0.1, 0.15) is 0 Å². The maximum Gasteiger partial charge on any atom is 0.337 e. The van der Waals surface area contributed by atoms with Crippen LogP contribution in [0.4, 0.5) is 11.4 Å². The molecule has 0 aliphatic rings. The number of hydrogen-bond acceptors (Lipinski definition) is 4. The van der Waals surface area contributed by atoms with Gasteiger partial charge in [0.2, 0.25) is 5.91 Å². The van der Waals surface area contributed by atoms with Crippen LogP contribution in [0, 0.1) is 0 Å². The number of amides is 1. The largest absolute Gasteiger partial charge is 0.465 e. The fraction of sp³-hybridized carbons (Fsp3) is 0.176. The third-order valence-electron chi connectivity index (χ3n) is 3.20. The number of esters is 1. The van der Waals surface area contributed by atoms with E-state index in [9.17, 15) is 9.59 Å². The summed E-state index contributed by atoms with van der Waals surface area (Å²) in [5, 5.41) is 6.69. The van der Waals surface area contributed by atoms with Gasteiger partial charge in [0, 0.05) is 13.0 Å². The van der Waals surface area contributed by atoms with Crippen LogP contribution in [0.15, 0.2) is 42.5 Å². The van der Waals surface area contributed by atoms with Gasteiger partial charge in [-0.05, 0) is 30.3 Å². The van der Waals surface area contributed by atoms with E-state index < -0.39 is 5.97 Å². The second kappa shape index (κ2) is 8.57. The minimum absolute atomic E-state index is 0.184. The van der Waals surface area contributed by atoms with Crippen molar-refractivity contribution in [2.45, 2.75) is 6.42 Å². The molecule has 2 aromatic carbocycles. The topological polar surface area (TPSA) is 67.4 Å². The molecule has 2 rings (SSSR count). The number of hydrogen-bond donors (Lipinski definition) is 2. The minimum atomic E-state index is -0.453. The summed E-state index contributed by atoms with van der Waals surface area (Å²) in [6, 6.07) is 11.8. The number of anilines is 2. The predicted molar refractivity (Wildman–Crippen MR) is 96.0 cm³/mol. The molecule has 0 aliphatic carbocycles. The van der Waals surface area contributed by atoms with Gasteiger partial charge in [-0.1, -0.05) is 35.3 Å². The Morgan fingerprint density at radius 2 is 1.75 bits per heavy atom. The van der Waals surface area contributed by atoms with Crippen LogP contribution in [-0.2, 0) is 9.53 Å². The number of nitrogens with one attached hydrogen (secondary N) is 2. The zero-order valence-electron chi connectivity index (χ0n) is 12.9. The Balaban J connectivity index is 1.91. The number of para-hydroxylation sites is 1. The summed E-state index contributed by atoms with van der Waals surface area (Å²) in [5.74, 6) is -0.637. The van der Waals surface area contributed by atoms with E-state index in [4.69, 9.17) is 23.2 Å². The van der Waals surface area contributed by atoms with Gasteiger partial charge in [-0.3, -0.25) is 4.79 Å². The Bertz CT molecular complexity index is 750. The number of halogens is 2. The average molecular weight is 367 g/mol. The Kier molecular flexibility index (Phi) is 6.46. The molecule has 0 fully saturated rings. The van der Waals surface area contributed by atoms with E-state index in [-0.39, 0.29) is 12.3 Å². The third-order valence-corrected chi connectivity index (χ3v) is 3.86. The predicted octanol–water partition coefficient (Wildman–Crippen LogP) is 4.22. The number of rotatable bonds is 6. The highest BCUT2D eigenvalue weighted by Gasteiger charge is 2.10. The van der Waals surface area contributed by atoms with Gasteiger partial charge in [-0.2, -0.15) is 0 Å². The van der Waals surface area contributed by atoms with Crippen molar-refractivity contribution in [1.82, 2.24) is 0 Å². The number of methoxy groups -OCH3 is 1. The van der Waals surface area contributed by atoms with Crippen LogP contribution < -0.4 is 10.6 Å². The molecule has 0 aromatic heterocycles. The van der Waals surface area contributed by atoms with E-state index in [0.29, 0.717) is 33.5 Å². The van der Waals surface area contributed by atoms with Crippen molar-refractivity contribution < 1.29 is 14.3 Å². The summed E-state index contributed by atoms with van der Waals surface area (Å²) in [7, 11) is 1.31. The Morgan fingerprint density at radius 3 is 2.46 bits per heavy atom. The summed E-state index contributed by atoms with van der Waals surface area (Å²) in [6.07, 6.45) is 0.212. The molecule has 5 nitrogen and oxygen atoms in total. The molecule has 2 N–H and O–H groups in total. The summed E-state index contributed by atoms with van der Waals surface area (Å²) in [4.78, 5) is 23.5. The molecule has 0 heterocycles. The zero-order chi connectivity index (χ0) is 17.5. The Labute approximate surface area is 149 Å². The fourth-order valence-corrected chi connectivity index (χ4v) is 2.36. The van der Waals surface area contributed by atoms with Crippen LogP contribution in [0.5, 0.6) is 0 Å². The highest BCUT2D eigenvalue weighted by Crippen LogP contribution is 2.24. The van der Waals surface area contributed by atoms with Crippen molar-refractivity contribution in [3.05, 3.63) is 58.1 Å². The zero-order valence-corrected chi connectivity index (χ0v) is 14.4. The summed E-state index contributed by atoms with van der Waals surface area (Å²) in [6.45, 7) is 0.348. The van der Waals surface area contributed by atoms with Gasteiger partial charge >= 0.3 is 5.97 Å². The van der Waals surface area contributed by atoms with Gasteiger partial charge in [0.15, 0.2) is 0 Å². The van der Waals surface area contributed by atoms with Crippen molar-refractivity contribution in [3.8, 4) is 0 Å². The molecule has 1 amide bonds. The van der Waals surface area contributed by atoms with Gasteiger partial charge in [0.05, 0.1) is 34.1 Å². The van der Waals surface area contributed by atoms with Crippen LogP contribution in [0.3, 0.4) is 0 Å². The lowest BCUT2D eigenvalue weighted by Crippen LogP contribution is -2.16. The molecule has 126 valence electrons. The Hall–Kier alpha value is -2.24. The van der Waals surface area contributed by atoms with Crippen LogP contribution in [0.1, 0.15) is 16.8 Å². The fourth-order valence-electron chi connectivity index (χ4n) is 1.99. The van der Waals surface area contributed by atoms with E-state index in [1.807, 2.05) is 0 Å². The molecule has 0 atom stereocenters. The van der Waals surface area contributed by atoms with E-state index in [2.05, 4.69) is 15.4 Å². The molecule has 2 aromatic rings. The number of carbonyl (C=O) groups is 2. The highest BCUT2D eigenvalue weighted by atomic mass is 35.5. The smallest absolute Gasteiger partial charge is 0.337 e. The minimum Gasteiger partial charge on any atom is -0.465 e. The lowest BCUT2D eigenvalue weighted by atomic mass is 10.2. The van der Waals surface area contributed by atoms with Crippen LogP contribution in [0.2, 0.25) is 10.0 Å². The first kappa shape index (κ1) is 18.1. The van der Waals surface area contributed by atoms with Gasteiger partial charge in [0.25, 0.3) is 0 Å². The molecule has 0 aliphatic heterocycles. The van der Waals surface area contributed by atoms with Gasteiger partial charge in [-0.25, -0.2) is 4.79 Å². The lowest BCUT2D eigenvalue weighted by molar-refractivity contribution is -0.115. The normalized spacial score (nSPS) is 10.1. The SMILES string of the molecule is COC(=O)c1ccc(Cl)c(NCCC(=O)Nc2ccccc2Cl)c1. The van der Waals surface area contributed by atoms with Gasteiger partial charge < -0.3 is 15.4 Å². The van der Waals surface area contributed by atoms with Crippen molar-refractivity contribution in [2.75, 3.05) is 24.3 Å². The Morgan fingerprint density at radius 1 is 1.04 bits per heavy atom. The third kappa shape index (κ3) is 4.88. The summed E-state index contributed by atoms with van der Waals surface area (Å²) < 4.78 is 4.67. The van der Waals surface area contributed by atoms with Crippen LogP contribution in [-0.4, -0.2) is 25.5 Å². The van der Waals surface area contributed by atoms with Crippen LogP contribution >= 0.6 is 23.2 Å². The quantitative estimate of drug-likeness (QED) is 0.751. The summed E-state index contributed by atoms with van der Waals surface area (Å²) in [5.41, 5.74) is 1.50. The summed E-state index contributed by atoms with van der Waals surface area (Å²) >= 11 is 12.1. The first-order valence-corrected chi connectivity index (χ1v) is 7.93. The maximum atomic E-state index is 11.9. The maximum absolute atomic E-state index is 11.9. The molecule has 0 unspecified atom stereocenters. The molecule has 24 heavy (non-hydrogen) atoms. The number of benzene rings is 2. The van der Waals surface area contributed by atoms with E-state index in [1.165, 1.54) is 7.11 Å². The lowest BCUT2D eigenvalue weighted by Gasteiger charge is -2.10. The molecule has 0 bridgehead atoms. The monoisotopic (exact) mass is 366 g/mol. The number of carbonyl (C=O) groups excluding carboxylic acids is 2. The van der Waals surface area contributed by atoms with Crippen molar-refractivity contribution >= 4 is 46.5 Å². The molecule has 7 heteroatoms. The molecule has 0 saturated heterocycles.